The number of nitrogens with one attached hydrogen (secondary N) is 1. The van der Waals surface area contributed by atoms with Crippen molar-refractivity contribution in [3.8, 4) is 5.75 Å². The molecule has 102 valence electrons. The fraction of sp³-hybridized carbons (Fsp3) is 0. The Hall–Kier alpha value is -2.40. The summed E-state index contributed by atoms with van der Waals surface area (Å²) < 4.78 is 18.5. The van der Waals surface area contributed by atoms with Crippen molar-refractivity contribution in [1.29, 1.82) is 0 Å². The van der Waals surface area contributed by atoms with Crippen LogP contribution < -0.4 is 10.1 Å². The number of halogens is 2. The molecule has 0 aromatic heterocycles. The first-order chi connectivity index (χ1) is 9.60. The molecule has 0 heterocycles. The molecule has 0 saturated carbocycles. The Balaban J connectivity index is 2.14. The minimum absolute atomic E-state index is 0.0283. The van der Waals surface area contributed by atoms with Crippen molar-refractivity contribution < 1.29 is 18.7 Å². The molecule has 20 heavy (non-hydrogen) atoms. The summed E-state index contributed by atoms with van der Waals surface area (Å²) in [6.07, 6.45) is -0.399. The predicted molar refractivity (Wildman–Crippen MR) is 72.9 cm³/mol. The molecule has 0 radical (unpaired) electrons. The molecular formula is C14H9ClFNO3. The molecule has 0 bridgehead atoms. The zero-order valence-electron chi connectivity index (χ0n) is 10.1. The van der Waals surface area contributed by atoms with Crippen molar-refractivity contribution in [3.63, 3.8) is 0 Å². The maximum atomic E-state index is 13.6. The lowest BCUT2D eigenvalue weighted by molar-refractivity contribution is 0.112. The van der Waals surface area contributed by atoms with Crippen LogP contribution in [0, 0.1) is 5.82 Å². The average Bonchev–Trinajstić information content (AvgIpc) is 2.43. The molecule has 0 aliphatic heterocycles. The largest absolute Gasteiger partial charge is 0.417 e. The minimum Gasteiger partial charge on any atom is -0.410 e. The highest BCUT2D eigenvalue weighted by Gasteiger charge is 2.12. The molecule has 0 saturated heterocycles. The van der Waals surface area contributed by atoms with E-state index >= 15 is 0 Å². The van der Waals surface area contributed by atoms with Crippen molar-refractivity contribution in [1.82, 2.24) is 0 Å². The Kier molecular flexibility index (Phi) is 4.32. The maximum Gasteiger partial charge on any atom is 0.417 e. The SMILES string of the molecule is O=Cc1cc(NC(=O)Oc2ccccc2)c(F)cc1Cl. The van der Waals surface area contributed by atoms with Crippen LogP contribution in [-0.2, 0) is 0 Å². The molecule has 2 aromatic carbocycles. The third-order valence-electron chi connectivity index (χ3n) is 2.40. The fourth-order valence-corrected chi connectivity index (χ4v) is 1.68. The van der Waals surface area contributed by atoms with E-state index < -0.39 is 11.9 Å². The Bertz CT molecular complexity index is 646. The van der Waals surface area contributed by atoms with E-state index in [1.54, 1.807) is 30.3 Å². The summed E-state index contributed by atoms with van der Waals surface area (Å²) in [4.78, 5) is 22.3. The van der Waals surface area contributed by atoms with Gasteiger partial charge < -0.3 is 4.74 Å². The maximum absolute atomic E-state index is 13.6. The third-order valence-corrected chi connectivity index (χ3v) is 2.73. The number of carbonyl (C=O) groups is 2. The number of rotatable bonds is 3. The van der Waals surface area contributed by atoms with E-state index in [4.69, 9.17) is 16.3 Å². The van der Waals surface area contributed by atoms with Gasteiger partial charge in [-0.2, -0.15) is 0 Å². The van der Waals surface area contributed by atoms with Crippen LogP contribution in [-0.4, -0.2) is 12.4 Å². The van der Waals surface area contributed by atoms with Crippen LogP contribution in [0.2, 0.25) is 5.02 Å². The van der Waals surface area contributed by atoms with E-state index in [-0.39, 0.29) is 16.3 Å². The molecule has 6 heteroatoms. The zero-order valence-corrected chi connectivity index (χ0v) is 10.9. The first-order valence-electron chi connectivity index (χ1n) is 5.58. The summed E-state index contributed by atoms with van der Waals surface area (Å²) in [6, 6.07) is 10.4. The second-order valence-electron chi connectivity index (χ2n) is 3.80. The van der Waals surface area contributed by atoms with Gasteiger partial charge in [0.15, 0.2) is 6.29 Å². The summed E-state index contributed by atoms with van der Waals surface area (Å²) in [5.41, 5.74) is -0.111. The quantitative estimate of drug-likeness (QED) is 0.873. The van der Waals surface area contributed by atoms with Gasteiger partial charge in [-0.3, -0.25) is 10.1 Å². The Morgan fingerprint density at radius 1 is 1.25 bits per heavy atom. The molecule has 0 fully saturated rings. The van der Waals surface area contributed by atoms with Crippen molar-refractivity contribution in [2.75, 3.05) is 5.32 Å². The molecule has 0 aliphatic carbocycles. The standard InChI is InChI=1S/C14H9ClFNO3/c15-11-7-12(16)13(6-9(11)8-18)17-14(19)20-10-4-2-1-3-5-10/h1-8H,(H,17,19). The van der Waals surface area contributed by atoms with Gasteiger partial charge >= 0.3 is 6.09 Å². The lowest BCUT2D eigenvalue weighted by Crippen LogP contribution is -2.17. The van der Waals surface area contributed by atoms with Crippen LogP contribution in [0.25, 0.3) is 0 Å². The molecule has 0 atom stereocenters. The molecule has 1 N–H and O–H groups in total. The number of benzene rings is 2. The number of ether oxygens (including phenoxy) is 1. The molecular weight excluding hydrogens is 285 g/mol. The lowest BCUT2D eigenvalue weighted by atomic mass is 10.2. The second kappa shape index (κ2) is 6.16. The third kappa shape index (κ3) is 3.33. The fourth-order valence-electron chi connectivity index (χ4n) is 1.48. The molecule has 0 unspecified atom stereocenters. The molecule has 1 amide bonds. The highest BCUT2D eigenvalue weighted by molar-refractivity contribution is 6.33. The number of aldehydes is 1. The normalized spacial score (nSPS) is 9.90. The van der Waals surface area contributed by atoms with Gasteiger partial charge in [-0.1, -0.05) is 29.8 Å². The van der Waals surface area contributed by atoms with Gasteiger partial charge in [0.25, 0.3) is 0 Å². The Labute approximate surface area is 119 Å². The van der Waals surface area contributed by atoms with Crippen molar-refractivity contribution in [2.45, 2.75) is 0 Å². The van der Waals surface area contributed by atoms with Crippen LogP contribution in [0.3, 0.4) is 0 Å². The first kappa shape index (κ1) is 14.0. The van der Waals surface area contributed by atoms with Crippen LogP contribution in [0.15, 0.2) is 42.5 Å². The number of hydrogen-bond acceptors (Lipinski definition) is 3. The van der Waals surface area contributed by atoms with Gasteiger partial charge in [-0.25, -0.2) is 9.18 Å². The van der Waals surface area contributed by atoms with Gasteiger partial charge in [0.2, 0.25) is 0 Å². The predicted octanol–water partition coefficient (Wildman–Crippen LogP) is 3.90. The first-order valence-corrected chi connectivity index (χ1v) is 5.96. The smallest absolute Gasteiger partial charge is 0.410 e. The molecule has 4 nitrogen and oxygen atoms in total. The van der Waals surface area contributed by atoms with Crippen LogP contribution >= 0.6 is 11.6 Å². The summed E-state index contributed by atoms with van der Waals surface area (Å²) in [7, 11) is 0. The second-order valence-corrected chi connectivity index (χ2v) is 4.21. The van der Waals surface area contributed by atoms with Gasteiger partial charge in [-0.05, 0) is 24.3 Å². The number of para-hydroxylation sites is 1. The molecule has 2 rings (SSSR count). The zero-order chi connectivity index (χ0) is 14.5. The monoisotopic (exact) mass is 293 g/mol. The summed E-state index contributed by atoms with van der Waals surface area (Å²) in [5, 5.41) is 2.18. The lowest BCUT2D eigenvalue weighted by Gasteiger charge is -2.08. The van der Waals surface area contributed by atoms with Gasteiger partial charge in [0.1, 0.15) is 11.6 Å². The average molecular weight is 294 g/mol. The number of anilines is 1. The van der Waals surface area contributed by atoms with E-state index in [0.717, 1.165) is 12.1 Å². The summed E-state index contributed by atoms with van der Waals surface area (Å²) in [5.74, 6) is -0.444. The summed E-state index contributed by atoms with van der Waals surface area (Å²) in [6.45, 7) is 0. The van der Waals surface area contributed by atoms with E-state index in [2.05, 4.69) is 5.32 Å². The van der Waals surface area contributed by atoms with E-state index in [0.29, 0.717) is 12.0 Å². The van der Waals surface area contributed by atoms with Crippen molar-refractivity contribution in [3.05, 3.63) is 58.9 Å². The van der Waals surface area contributed by atoms with Gasteiger partial charge in [0, 0.05) is 5.56 Å². The summed E-state index contributed by atoms with van der Waals surface area (Å²) >= 11 is 5.65. The highest BCUT2D eigenvalue weighted by Crippen LogP contribution is 2.23. The number of hydrogen-bond donors (Lipinski definition) is 1. The van der Waals surface area contributed by atoms with E-state index in [1.807, 2.05) is 0 Å². The number of amides is 1. The van der Waals surface area contributed by atoms with Gasteiger partial charge in [0.05, 0.1) is 10.7 Å². The minimum atomic E-state index is -0.866. The van der Waals surface area contributed by atoms with Crippen molar-refractivity contribution >= 4 is 29.7 Å². The van der Waals surface area contributed by atoms with Gasteiger partial charge in [-0.15, -0.1) is 0 Å². The topological polar surface area (TPSA) is 55.4 Å². The molecule has 0 aliphatic rings. The highest BCUT2D eigenvalue weighted by atomic mass is 35.5. The molecule has 2 aromatic rings. The molecule has 0 spiro atoms. The Morgan fingerprint density at radius 3 is 2.60 bits per heavy atom. The van der Waals surface area contributed by atoms with Crippen molar-refractivity contribution in [2.24, 2.45) is 0 Å². The Morgan fingerprint density at radius 2 is 1.95 bits per heavy atom. The van der Waals surface area contributed by atoms with E-state index in [9.17, 15) is 14.0 Å². The van der Waals surface area contributed by atoms with Crippen LogP contribution in [0.1, 0.15) is 10.4 Å². The number of carbonyl (C=O) groups excluding carboxylic acids is 2. The van der Waals surface area contributed by atoms with Crippen LogP contribution in [0.5, 0.6) is 5.75 Å². The van der Waals surface area contributed by atoms with Crippen LogP contribution in [0.4, 0.5) is 14.9 Å². The van der Waals surface area contributed by atoms with E-state index in [1.165, 1.54) is 0 Å².